The summed E-state index contributed by atoms with van der Waals surface area (Å²) in [4.78, 5) is 26.5. The Morgan fingerprint density at radius 2 is 2.00 bits per heavy atom. The lowest BCUT2D eigenvalue weighted by molar-refractivity contribution is 0.339. The molecule has 25 heavy (non-hydrogen) atoms. The summed E-state index contributed by atoms with van der Waals surface area (Å²) >= 11 is 1.64. The Balaban J connectivity index is 1.71. The quantitative estimate of drug-likeness (QED) is 0.499. The van der Waals surface area contributed by atoms with Gasteiger partial charge in [0.25, 0.3) is 5.56 Å². The van der Waals surface area contributed by atoms with Gasteiger partial charge in [-0.15, -0.1) is 11.8 Å². The lowest BCUT2D eigenvalue weighted by Crippen LogP contribution is -2.40. The van der Waals surface area contributed by atoms with Gasteiger partial charge in [0.1, 0.15) is 0 Å². The van der Waals surface area contributed by atoms with Gasteiger partial charge in [-0.25, -0.2) is 4.98 Å². The van der Waals surface area contributed by atoms with Crippen LogP contribution in [0.3, 0.4) is 0 Å². The standard InChI is InChI=1S/C18H23N5OS/c1-13-5-7-15(8-6-13)25-12-14-11-16(24)21-18(20-14)22-17(19)23-9-3-2-4-10-23/h5-8,11H,2-4,9-10,12H2,1H3,(H3,19,20,21,22,24). The van der Waals surface area contributed by atoms with Gasteiger partial charge in [0.15, 0.2) is 5.96 Å². The van der Waals surface area contributed by atoms with Crippen molar-refractivity contribution in [3.05, 3.63) is 51.9 Å². The number of likely N-dealkylation sites (tertiary alicyclic amines) is 1. The summed E-state index contributed by atoms with van der Waals surface area (Å²) in [6, 6.07) is 9.80. The molecular formula is C18H23N5OS. The summed E-state index contributed by atoms with van der Waals surface area (Å²) < 4.78 is 0. The van der Waals surface area contributed by atoms with Crippen molar-refractivity contribution in [2.75, 3.05) is 13.1 Å². The monoisotopic (exact) mass is 357 g/mol. The van der Waals surface area contributed by atoms with Crippen LogP contribution in [0.1, 0.15) is 30.5 Å². The first-order valence-electron chi connectivity index (χ1n) is 8.49. The highest BCUT2D eigenvalue weighted by Gasteiger charge is 2.12. The maximum Gasteiger partial charge on any atom is 0.252 e. The van der Waals surface area contributed by atoms with Gasteiger partial charge in [0.05, 0.1) is 5.69 Å². The third-order valence-corrected chi connectivity index (χ3v) is 5.14. The first kappa shape index (κ1) is 17.5. The molecular weight excluding hydrogens is 334 g/mol. The molecule has 0 unspecified atom stereocenters. The molecule has 0 amide bonds. The molecule has 0 bridgehead atoms. The van der Waals surface area contributed by atoms with Gasteiger partial charge in [-0.1, -0.05) is 17.7 Å². The second kappa shape index (κ2) is 8.20. The van der Waals surface area contributed by atoms with E-state index in [-0.39, 0.29) is 11.5 Å². The Hall–Kier alpha value is -2.28. The number of aromatic nitrogens is 2. The summed E-state index contributed by atoms with van der Waals surface area (Å²) in [6.07, 6.45) is 3.46. The predicted octanol–water partition coefficient (Wildman–Crippen LogP) is 2.80. The number of nitrogens with zero attached hydrogens (tertiary/aromatic N) is 3. The Morgan fingerprint density at radius 3 is 2.72 bits per heavy atom. The van der Waals surface area contributed by atoms with Crippen LogP contribution < -0.4 is 11.3 Å². The number of nitrogens with two attached hydrogens (primary N) is 1. The van der Waals surface area contributed by atoms with Gasteiger partial charge in [-0.3, -0.25) is 9.78 Å². The molecule has 1 aromatic heterocycles. The molecule has 3 rings (SSSR count). The van der Waals surface area contributed by atoms with E-state index in [2.05, 4.69) is 46.1 Å². The Kier molecular flexibility index (Phi) is 5.75. The van der Waals surface area contributed by atoms with Crippen LogP contribution in [0.4, 0.5) is 5.95 Å². The average Bonchev–Trinajstić information content (AvgIpc) is 2.61. The highest BCUT2D eigenvalue weighted by molar-refractivity contribution is 7.98. The number of guanidine groups is 1. The fourth-order valence-corrected chi connectivity index (χ4v) is 3.51. The van der Waals surface area contributed by atoms with Crippen LogP contribution >= 0.6 is 11.8 Å². The van der Waals surface area contributed by atoms with E-state index in [0.29, 0.717) is 17.4 Å². The second-order valence-electron chi connectivity index (χ2n) is 6.18. The van der Waals surface area contributed by atoms with E-state index in [0.717, 1.165) is 30.8 Å². The summed E-state index contributed by atoms with van der Waals surface area (Å²) in [5, 5.41) is 0. The second-order valence-corrected chi connectivity index (χ2v) is 7.23. The van der Waals surface area contributed by atoms with E-state index in [4.69, 9.17) is 5.73 Å². The minimum absolute atomic E-state index is 0.209. The van der Waals surface area contributed by atoms with Gasteiger partial charge < -0.3 is 10.6 Å². The molecule has 132 valence electrons. The number of hydrogen-bond donors (Lipinski definition) is 2. The average molecular weight is 357 g/mol. The maximum absolute atomic E-state index is 11.9. The molecule has 1 aromatic carbocycles. The van der Waals surface area contributed by atoms with Gasteiger partial charge in [0.2, 0.25) is 5.95 Å². The van der Waals surface area contributed by atoms with Crippen LogP contribution in [0.15, 0.2) is 45.0 Å². The molecule has 2 aromatic rings. The van der Waals surface area contributed by atoms with Crippen LogP contribution in [0, 0.1) is 6.92 Å². The van der Waals surface area contributed by atoms with E-state index < -0.39 is 0 Å². The predicted molar refractivity (Wildman–Crippen MR) is 102 cm³/mol. The zero-order valence-corrected chi connectivity index (χ0v) is 15.2. The Bertz CT molecular complexity index is 794. The van der Waals surface area contributed by atoms with Crippen LogP contribution in [-0.4, -0.2) is 33.9 Å². The van der Waals surface area contributed by atoms with Crippen molar-refractivity contribution in [2.45, 2.75) is 36.8 Å². The number of piperidine rings is 1. The first-order chi connectivity index (χ1) is 12.1. The minimum Gasteiger partial charge on any atom is -0.369 e. The van der Waals surface area contributed by atoms with E-state index in [1.807, 2.05) is 4.90 Å². The van der Waals surface area contributed by atoms with Crippen molar-refractivity contribution in [2.24, 2.45) is 10.7 Å². The molecule has 0 atom stereocenters. The Labute approximate surface area is 151 Å². The highest BCUT2D eigenvalue weighted by Crippen LogP contribution is 2.22. The molecule has 2 heterocycles. The fraction of sp³-hybridized carbons (Fsp3) is 0.389. The minimum atomic E-state index is -0.209. The van der Waals surface area contributed by atoms with Crippen LogP contribution in [0.5, 0.6) is 0 Å². The number of aliphatic imine (C=N–C) groups is 1. The van der Waals surface area contributed by atoms with Gasteiger partial charge in [-0.2, -0.15) is 4.99 Å². The number of aromatic amines is 1. The molecule has 1 saturated heterocycles. The van der Waals surface area contributed by atoms with Crippen LogP contribution in [0.2, 0.25) is 0 Å². The molecule has 0 radical (unpaired) electrons. The third kappa shape index (κ3) is 5.09. The zero-order valence-electron chi connectivity index (χ0n) is 14.4. The lowest BCUT2D eigenvalue weighted by Gasteiger charge is -2.27. The number of rotatable bonds is 4. The SMILES string of the molecule is Cc1ccc(SCc2cc(=O)[nH]c(N=C(N)N3CCCCC3)n2)cc1. The van der Waals surface area contributed by atoms with Crippen molar-refractivity contribution in [1.29, 1.82) is 0 Å². The van der Waals surface area contributed by atoms with Crippen LogP contribution in [0.25, 0.3) is 0 Å². The van der Waals surface area contributed by atoms with Gasteiger partial charge in [0, 0.05) is 29.8 Å². The Morgan fingerprint density at radius 1 is 1.28 bits per heavy atom. The van der Waals surface area contributed by atoms with E-state index in [1.165, 1.54) is 18.1 Å². The number of nitrogens with one attached hydrogen (secondary N) is 1. The lowest BCUT2D eigenvalue weighted by atomic mass is 10.1. The molecule has 1 aliphatic heterocycles. The van der Waals surface area contributed by atoms with Gasteiger partial charge >= 0.3 is 0 Å². The third-order valence-electron chi connectivity index (χ3n) is 4.09. The van der Waals surface area contributed by atoms with E-state index >= 15 is 0 Å². The molecule has 7 heteroatoms. The van der Waals surface area contributed by atoms with Crippen LogP contribution in [-0.2, 0) is 5.75 Å². The van der Waals surface area contributed by atoms with Crippen molar-refractivity contribution in [3.8, 4) is 0 Å². The topological polar surface area (TPSA) is 87.4 Å². The highest BCUT2D eigenvalue weighted by atomic mass is 32.2. The van der Waals surface area contributed by atoms with Crippen molar-refractivity contribution >= 4 is 23.7 Å². The number of H-pyrrole nitrogens is 1. The summed E-state index contributed by atoms with van der Waals surface area (Å²) in [5.41, 5.74) is 7.78. The molecule has 1 fully saturated rings. The summed E-state index contributed by atoms with van der Waals surface area (Å²) in [7, 11) is 0. The summed E-state index contributed by atoms with van der Waals surface area (Å²) in [5.74, 6) is 1.31. The molecule has 0 saturated carbocycles. The van der Waals surface area contributed by atoms with E-state index in [9.17, 15) is 4.79 Å². The number of hydrogen-bond acceptors (Lipinski definition) is 4. The number of thioether (sulfide) groups is 1. The fourth-order valence-electron chi connectivity index (χ4n) is 2.71. The van der Waals surface area contributed by atoms with Crippen molar-refractivity contribution in [1.82, 2.24) is 14.9 Å². The van der Waals surface area contributed by atoms with E-state index in [1.54, 1.807) is 11.8 Å². The molecule has 6 nitrogen and oxygen atoms in total. The normalized spacial score (nSPS) is 15.4. The molecule has 0 aliphatic carbocycles. The zero-order chi connectivity index (χ0) is 17.6. The first-order valence-corrected chi connectivity index (χ1v) is 9.47. The van der Waals surface area contributed by atoms with Gasteiger partial charge in [-0.05, 0) is 38.3 Å². The number of aryl methyl sites for hydroxylation is 1. The number of benzene rings is 1. The molecule has 1 aliphatic rings. The molecule has 3 N–H and O–H groups in total. The van der Waals surface area contributed by atoms with Crippen molar-refractivity contribution in [3.63, 3.8) is 0 Å². The summed E-state index contributed by atoms with van der Waals surface area (Å²) in [6.45, 7) is 3.87. The maximum atomic E-state index is 11.9. The van der Waals surface area contributed by atoms with Crippen molar-refractivity contribution < 1.29 is 0 Å². The smallest absolute Gasteiger partial charge is 0.252 e. The molecule has 0 spiro atoms. The largest absolute Gasteiger partial charge is 0.369 e.